The minimum Gasteiger partial charge on any atom is -0.493 e. The maximum Gasteiger partial charge on any atom is 0.325 e. The van der Waals surface area contributed by atoms with Crippen LogP contribution in [0.2, 0.25) is 0 Å². The number of para-hydroxylation sites is 1. The second-order valence-electron chi connectivity index (χ2n) is 7.77. The van der Waals surface area contributed by atoms with Gasteiger partial charge in [-0.05, 0) is 19.4 Å². The first kappa shape index (κ1) is 18.7. The van der Waals surface area contributed by atoms with E-state index in [1.165, 1.54) is 0 Å². The molecule has 150 valence electrons. The van der Waals surface area contributed by atoms with E-state index in [4.69, 9.17) is 4.74 Å². The summed E-state index contributed by atoms with van der Waals surface area (Å²) >= 11 is 0. The van der Waals surface area contributed by atoms with E-state index in [0.29, 0.717) is 17.7 Å². The Labute approximate surface area is 162 Å². The average molecular weight is 407 g/mol. The molecule has 0 bridgehead atoms. The molecule has 1 aromatic rings. The van der Waals surface area contributed by atoms with Crippen LogP contribution in [0.5, 0.6) is 5.75 Å². The van der Waals surface area contributed by atoms with E-state index < -0.39 is 45.3 Å². The molecule has 1 aromatic carbocycles. The molecule has 10 heteroatoms. The number of urea groups is 1. The Bertz CT molecular complexity index is 977. The van der Waals surface area contributed by atoms with Crippen LogP contribution in [-0.2, 0) is 25.0 Å². The number of carbonyl (C=O) groups is 3. The van der Waals surface area contributed by atoms with Gasteiger partial charge in [-0.3, -0.25) is 14.5 Å². The number of hydrogen-bond acceptors (Lipinski definition) is 6. The lowest BCUT2D eigenvalue weighted by Crippen LogP contribution is -2.52. The van der Waals surface area contributed by atoms with Crippen LogP contribution in [0.4, 0.5) is 4.79 Å². The number of rotatable bonds is 3. The van der Waals surface area contributed by atoms with Crippen LogP contribution >= 0.6 is 0 Å². The number of sulfone groups is 1. The number of fused-ring (bicyclic) bond motifs is 2. The van der Waals surface area contributed by atoms with Crippen molar-refractivity contribution in [2.75, 3.05) is 24.7 Å². The zero-order valence-corrected chi connectivity index (χ0v) is 16.2. The molecule has 9 nitrogen and oxygen atoms in total. The van der Waals surface area contributed by atoms with Gasteiger partial charge in [0.1, 0.15) is 12.3 Å². The molecule has 3 aliphatic heterocycles. The molecular formula is C18H21N3O6S. The van der Waals surface area contributed by atoms with Gasteiger partial charge in [-0.2, -0.15) is 0 Å². The number of nitrogens with one attached hydrogen (secondary N) is 2. The predicted octanol–water partition coefficient (Wildman–Crippen LogP) is -0.0904. The predicted molar refractivity (Wildman–Crippen MR) is 98.3 cm³/mol. The SMILES string of the molecule is CC1(NC(=O)CN2C(=O)NC3(CCOc4ccccc43)C2=O)CCS(=O)(=O)C1. The molecule has 3 aliphatic rings. The first-order valence-electron chi connectivity index (χ1n) is 9.02. The van der Waals surface area contributed by atoms with E-state index >= 15 is 0 Å². The van der Waals surface area contributed by atoms with Gasteiger partial charge in [0.2, 0.25) is 5.91 Å². The van der Waals surface area contributed by atoms with Crippen molar-refractivity contribution < 1.29 is 27.5 Å². The molecule has 4 amide bonds. The van der Waals surface area contributed by atoms with E-state index in [0.717, 1.165) is 4.90 Å². The fourth-order valence-electron chi connectivity index (χ4n) is 4.14. The summed E-state index contributed by atoms with van der Waals surface area (Å²) in [5.74, 6) is -0.696. The van der Waals surface area contributed by atoms with Crippen LogP contribution in [-0.4, -0.2) is 61.4 Å². The van der Waals surface area contributed by atoms with Crippen molar-refractivity contribution >= 4 is 27.7 Å². The fourth-order valence-corrected chi connectivity index (χ4v) is 6.24. The lowest BCUT2D eigenvalue weighted by Gasteiger charge is -2.33. The molecule has 0 saturated carbocycles. The Morgan fingerprint density at radius 2 is 2.04 bits per heavy atom. The third kappa shape index (κ3) is 3.01. The minimum absolute atomic E-state index is 0.00675. The number of hydrogen-bond donors (Lipinski definition) is 2. The Balaban J connectivity index is 1.52. The van der Waals surface area contributed by atoms with Crippen molar-refractivity contribution in [3.8, 4) is 5.75 Å². The Kier molecular flexibility index (Phi) is 4.14. The molecule has 28 heavy (non-hydrogen) atoms. The van der Waals surface area contributed by atoms with Gasteiger partial charge in [-0.1, -0.05) is 18.2 Å². The molecule has 2 N–H and O–H groups in total. The molecule has 2 fully saturated rings. The van der Waals surface area contributed by atoms with E-state index in [2.05, 4.69) is 10.6 Å². The molecule has 1 spiro atoms. The first-order chi connectivity index (χ1) is 13.1. The molecule has 2 unspecified atom stereocenters. The highest BCUT2D eigenvalue weighted by molar-refractivity contribution is 7.91. The summed E-state index contributed by atoms with van der Waals surface area (Å²) in [5, 5.41) is 5.40. The summed E-state index contributed by atoms with van der Waals surface area (Å²) in [4.78, 5) is 39.0. The monoisotopic (exact) mass is 407 g/mol. The van der Waals surface area contributed by atoms with Crippen LogP contribution in [0.25, 0.3) is 0 Å². The summed E-state index contributed by atoms with van der Waals surface area (Å²) < 4.78 is 29.0. The second kappa shape index (κ2) is 6.20. The number of ether oxygens (including phenoxy) is 1. The van der Waals surface area contributed by atoms with Crippen LogP contribution in [0.1, 0.15) is 25.3 Å². The van der Waals surface area contributed by atoms with Gasteiger partial charge >= 0.3 is 6.03 Å². The van der Waals surface area contributed by atoms with Crippen LogP contribution in [0.3, 0.4) is 0 Å². The summed E-state index contributed by atoms with van der Waals surface area (Å²) in [6, 6.07) is 6.33. The van der Waals surface area contributed by atoms with Crippen molar-refractivity contribution in [3.05, 3.63) is 29.8 Å². The summed E-state index contributed by atoms with van der Waals surface area (Å²) in [6.45, 7) is 1.45. The molecule has 0 aliphatic carbocycles. The van der Waals surface area contributed by atoms with Gasteiger partial charge < -0.3 is 15.4 Å². The van der Waals surface area contributed by atoms with Crippen molar-refractivity contribution in [3.63, 3.8) is 0 Å². The van der Waals surface area contributed by atoms with Gasteiger partial charge in [0.25, 0.3) is 5.91 Å². The largest absolute Gasteiger partial charge is 0.493 e. The van der Waals surface area contributed by atoms with Gasteiger partial charge in [0.05, 0.1) is 23.7 Å². The Morgan fingerprint density at radius 1 is 1.29 bits per heavy atom. The maximum atomic E-state index is 13.1. The van der Waals surface area contributed by atoms with Crippen molar-refractivity contribution in [2.24, 2.45) is 0 Å². The highest BCUT2D eigenvalue weighted by Crippen LogP contribution is 2.40. The maximum absolute atomic E-state index is 13.1. The van der Waals surface area contributed by atoms with E-state index in [9.17, 15) is 22.8 Å². The molecule has 2 saturated heterocycles. The van der Waals surface area contributed by atoms with Gasteiger partial charge in [0.15, 0.2) is 15.4 Å². The summed E-state index contributed by atoms with van der Waals surface area (Å²) in [5.41, 5.74) is -1.57. The van der Waals surface area contributed by atoms with Gasteiger partial charge in [-0.25, -0.2) is 13.2 Å². The van der Waals surface area contributed by atoms with Gasteiger partial charge in [-0.15, -0.1) is 0 Å². The van der Waals surface area contributed by atoms with Crippen LogP contribution < -0.4 is 15.4 Å². The lowest BCUT2D eigenvalue weighted by atomic mass is 9.84. The lowest BCUT2D eigenvalue weighted by molar-refractivity contribution is -0.136. The fraction of sp³-hybridized carbons (Fsp3) is 0.500. The zero-order valence-electron chi connectivity index (χ0n) is 15.4. The van der Waals surface area contributed by atoms with Crippen molar-refractivity contribution in [1.29, 1.82) is 0 Å². The third-order valence-corrected chi connectivity index (χ3v) is 7.41. The second-order valence-corrected chi connectivity index (χ2v) is 9.96. The molecule has 3 heterocycles. The first-order valence-corrected chi connectivity index (χ1v) is 10.8. The number of carbonyl (C=O) groups excluding carboxylic acids is 3. The topological polar surface area (TPSA) is 122 Å². The number of benzene rings is 1. The molecular weight excluding hydrogens is 386 g/mol. The minimum atomic E-state index is -3.19. The quantitative estimate of drug-likeness (QED) is 0.676. The van der Waals surface area contributed by atoms with Crippen molar-refractivity contribution in [1.82, 2.24) is 15.5 Å². The molecule has 2 atom stereocenters. The zero-order chi connectivity index (χ0) is 20.2. The highest BCUT2D eigenvalue weighted by atomic mass is 32.2. The normalized spacial score (nSPS) is 30.7. The molecule has 0 radical (unpaired) electrons. The standard InChI is InChI=1S/C18H21N3O6S/c1-17(7-9-28(25,26)11-17)19-14(22)10-21-15(23)18(20-16(21)24)6-8-27-13-5-3-2-4-12(13)18/h2-5H,6-11H2,1H3,(H,19,22)(H,20,24). The Hall–Kier alpha value is -2.62. The average Bonchev–Trinajstić information content (AvgIpc) is 3.03. The van der Waals surface area contributed by atoms with Crippen LogP contribution in [0, 0.1) is 0 Å². The van der Waals surface area contributed by atoms with Crippen molar-refractivity contribution in [2.45, 2.75) is 30.8 Å². The highest BCUT2D eigenvalue weighted by Gasteiger charge is 2.55. The Morgan fingerprint density at radius 3 is 2.75 bits per heavy atom. The third-order valence-electron chi connectivity index (χ3n) is 5.50. The summed E-state index contributed by atoms with van der Waals surface area (Å²) in [7, 11) is -3.19. The molecule has 4 rings (SSSR count). The van der Waals surface area contributed by atoms with E-state index in [1.807, 2.05) is 0 Å². The number of nitrogens with zero attached hydrogens (tertiary/aromatic N) is 1. The smallest absolute Gasteiger partial charge is 0.325 e. The van der Waals surface area contributed by atoms with E-state index in [-0.39, 0.29) is 24.5 Å². The van der Waals surface area contributed by atoms with Crippen LogP contribution in [0.15, 0.2) is 24.3 Å². The summed E-state index contributed by atoms with van der Waals surface area (Å²) in [6.07, 6.45) is 0.568. The number of imide groups is 1. The number of amides is 4. The molecule has 0 aromatic heterocycles. The van der Waals surface area contributed by atoms with Gasteiger partial charge in [0, 0.05) is 12.0 Å². The van der Waals surface area contributed by atoms with E-state index in [1.54, 1.807) is 31.2 Å².